The number of aryl methyl sites for hydroxylation is 2. The SMILES string of the molecule is Cc1nn(C)c(Sc2nccc(=O)[nH]2)c1C=O. The first-order chi connectivity index (χ1) is 8.11. The second kappa shape index (κ2) is 4.54. The van der Waals surface area contributed by atoms with Crippen molar-refractivity contribution in [2.45, 2.75) is 17.1 Å². The lowest BCUT2D eigenvalue weighted by molar-refractivity contribution is 0.112. The highest BCUT2D eigenvalue weighted by atomic mass is 32.2. The van der Waals surface area contributed by atoms with Gasteiger partial charge < -0.3 is 4.98 Å². The number of carbonyl (C=O) groups is 1. The zero-order chi connectivity index (χ0) is 12.4. The Bertz CT molecular complexity index is 617. The van der Waals surface area contributed by atoms with E-state index in [2.05, 4.69) is 15.1 Å². The Morgan fingerprint density at radius 3 is 2.94 bits per heavy atom. The quantitative estimate of drug-likeness (QED) is 0.643. The van der Waals surface area contributed by atoms with Crippen LogP contribution in [0.1, 0.15) is 16.1 Å². The minimum atomic E-state index is -0.228. The van der Waals surface area contributed by atoms with Gasteiger partial charge in [0.25, 0.3) is 5.56 Å². The molecule has 2 heterocycles. The maximum atomic E-state index is 11.1. The maximum absolute atomic E-state index is 11.1. The molecule has 88 valence electrons. The maximum Gasteiger partial charge on any atom is 0.251 e. The molecule has 0 aliphatic rings. The van der Waals surface area contributed by atoms with Crippen LogP contribution in [-0.2, 0) is 7.05 Å². The van der Waals surface area contributed by atoms with Gasteiger partial charge in [-0.3, -0.25) is 14.3 Å². The van der Waals surface area contributed by atoms with Crippen LogP contribution in [0.25, 0.3) is 0 Å². The van der Waals surface area contributed by atoms with Crippen molar-refractivity contribution >= 4 is 18.0 Å². The third-order valence-corrected chi connectivity index (χ3v) is 3.25. The van der Waals surface area contributed by atoms with Crippen LogP contribution in [0, 0.1) is 6.92 Å². The Hall–Kier alpha value is -1.89. The third kappa shape index (κ3) is 2.28. The third-order valence-electron chi connectivity index (χ3n) is 2.17. The van der Waals surface area contributed by atoms with E-state index in [0.717, 1.165) is 6.29 Å². The molecule has 2 aromatic heterocycles. The smallest absolute Gasteiger partial charge is 0.251 e. The van der Waals surface area contributed by atoms with Crippen molar-refractivity contribution in [2.24, 2.45) is 7.05 Å². The van der Waals surface area contributed by atoms with Gasteiger partial charge in [-0.25, -0.2) is 4.98 Å². The fourth-order valence-electron chi connectivity index (χ4n) is 1.41. The van der Waals surface area contributed by atoms with Gasteiger partial charge in [0.05, 0.1) is 11.3 Å². The summed E-state index contributed by atoms with van der Waals surface area (Å²) in [5, 5.41) is 5.24. The van der Waals surface area contributed by atoms with E-state index in [-0.39, 0.29) is 5.56 Å². The predicted octanol–water partition coefficient (Wildman–Crippen LogP) is 0.776. The molecule has 17 heavy (non-hydrogen) atoms. The summed E-state index contributed by atoms with van der Waals surface area (Å²) >= 11 is 1.20. The fourth-order valence-corrected chi connectivity index (χ4v) is 2.33. The molecule has 0 unspecified atom stereocenters. The molecule has 2 rings (SSSR count). The number of aromatic amines is 1. The van der Waals surface area contributed by atoms with E-state index in [1.54, 1.807) is 18.7 Å². The molecule has 1 N–H and O–H groups in total. The number of nitrogens with zero attached hydrogens (tertiary/aromatic N) is 3. The van der Waals surface area contributed by atoms with Crippen LogP contribution >= 0.6 is 11.8 Å². The number of hydrogen-bond acceptors (Lipinski definition) is 5. The van der Waals surface area contributed by atoms with Crippen LogP contribution in [0.5, 0.6) is 0 Å². The average Bonchev–Trinajstić information content (AvgIpc) is 2.53. The van der Waals surface area contributed by atoms with Crippen LogP contribution in [-0.4, -0.2) is 26.0 Å². The van der Waals surface area contributed by atoms with Crippen LogP contribution < -0.4 is 5.56 Å². The number of hydrogen-bond donors (Lipinski definition) is 1. The largest absolute Gasteiger partial charge is 0.301 e. The summed E-state index contributed by atoms with van der Waals surface area (Å²) in [6.45, 7) is 1.76. The molecule has 0 aliphatic heterocycles. The van der Waals surface area contributed by atoms with Gasteiger partial charge in [-0.15, -0.1) is 0 Å². The topological polar surface area (TPSA) is 80.6 Å². The van der Waals surface area contributed by atoms with Crippen molar-refractivity contribution < 1.29 is 4.79 Å². The van der Waals surface area contributed by atoms with Gasteiger partial charge in [0.2, 0.25) is 0 Å². The van der Waals surface area contributed by atoms with Gasteiger partial charge in [0.15, 0.2) is 11.4 Å². The predicted molar refractivity (Wildman–Crippen MR) is 62.3 cm³/mol. The molecule has 0 fully saturated rings. The first-order valence-electron chi connectivity index (χ1n) is 4.83. The van der Waals surface area contributed by atoms with Crippen molar-refractivity contribution in [3.63, 3.8) is 0 Å². The molecular weight excluding hydrogens is 240 g/mol. The van der Waals surface area contributed by atoms with Crippen molar-refractivity contribution in [1.82, 2.24) is 19.7 Å². The highest BCUT2D eigenvalue weighted by molar-refractivity contribution is 7.99. The van der Waals surface area contributed by atoms with Gasteiger partial charge in [0.1, 0.15) is 5.03 Å². The van der Waals surface area contributed by atoms with Crippen LogP contribution in [0.2, 0.25) is 0 Å². The molecule has 2 aromatic rings. The minimum absolute atomic E-state index is 0.228. The van der Waals surface area contributed by atoms with E-state index in [1.807, 2.05) is 0 Å². The lowest BCUT2D eigenvalue weighted by atomic mass is 10.3. The molecule has 0 spiro atoms. The first kappa shape index (κ1) is 11.6. The number of rotatable bonds is 3. The Labute approximate surface area is 101 Å². The van der Waals surface area contributed by atoms with E-state index in [9.17, 15) is 9.59 Å². The van der Waals surface area contributed by atoms with Gasteiger partial charge in [-0.05, 0) is 18.7 Å². The first-order valence-corrected chi connectivity index (χ1v) is 5.65. The lowest BCUT2D eigenvalue weighted by Gasteiger charge is -2.01. The standard InChI is InChI=1S/C10H10N4O2S/c1-6-7(5-15)9(14(2)13-6)17-10-11-4-3-8(16)12-10/h3-5H,1-2H3,(H,11,12,16). The Morgan fingerprint density at radius 2 is 2.29 bits per heavy atom. The van der Waals surface area contributed by atoms with Gasteiger partial charge in [-0.2, -0.15) is 5.10 Å². The summed E-state index contributed by atoms with van der Waals surface area (Å²) in [6, 6.07) is 1.33. The van der Waals surface area contributed by atoms with Crippen molar-refractivity contribution in [1.29, 1.82) is 0 Å². The summed E-state index contributed by atoms with van der Waals surface area (Å²) in [6.07, 6.45) is 2.18. The van der Waals surface area contributed by atoms with Crippen LogP contribution in [0.4, 0.5) is 0 Å². The molecule has 0 saturated heterocycles. The second-order valence-corrected chi connectivity index (χ2v) is 4.36. The molecule has 0 amide bonds. The summed E-state index contributed by atoms with van der Waals surface area (Å²) in [7, 11) is 1.74. The zero-order valence-corrected chi connectivity index (χ0v) is 10.1. The van der Waals surface area contributed by atoms with E-state index < -0.39 is 0 Å². The van der Waals surface area contributed by atoms with E-state index in [4.69, 9.17) is 0 Å². The monoisotopic (exact) mass is 250 g/mol. The normalized spacial score (nSPS) is 10.5. The summed E-state index contributed by atoms with van der Waals surface area (Å²) in [4.78, 5) is 28.7. The highest BCUT2D eigenvalue weighted by Gasteiger charge is 2.14. The van der Waals surface area contributed by atoms with Gasteiger partial charge >= 0.3 is 0 Å². The van der Waals surface area contributed by atoms with Crippen molar-refractivity contribution in [3.8, 4) is 0 Å². The molecule has 7 heteroatoms. The molecule has 0 aromatic carbocycles. The molecule has 0 bridgehead atoms. The number of carbonyl (C=O) groups excluding carboxylic acids is 1. The Morgan fingerprint density at radius 1 is 1.53 bits per heavy atom. The molecular formula is C10H10N4O2S. The number of aldehydes is 1. The number of aromatic nitrogens is 4. The average molecular weight is 250 g/mol. The van der Waals surface area contributed by atoms with E-state index in [1.165, 1.54) is 24.0 Å². The molecule has 0 atom stereocenters. The van der Waals surface area contributed by atoms with Gasteiger partial charge in [0, 0.05) is 19.3 Å². The van der Waals surface area contributed by atoms with Gasteiger partial charge in [-0.1, -0.05) is 0 Å². The number of H-pyrrole nitrogens is 1. The molecule has 6 nitrogen and oxygen atoms in total. The second-order valence-electron chi connectivity index (χ2n) is 3.39. The van der Waals surface area contributed by atoms with Crippen LogP contribution in [0.15, 0.2) is 27.2 Å². The van der Waals surface area contributed by atoms with Crippen molar-refractivity contribution in [3.05, 3.63) is 33.9 Å². The Balaban J connectivity index is 2.42. The van der Waals surface area contributed by atoms with E-state index in [0.29, 0.717) is 21.4 Å². The summed E-state index contributed by atoms with van der Waals surface area (Å²) in [5.74, 6) is 0. The van der Waals surface area contributed by atoms with Crippen molar-refractivity contribution in [2.75, 3.05) is 0 Å². The van der Waals surface area contributed by atoms with E-state index >= 15 is 0 Å². The molecule has 0 aliphatic carbocycles. The van der Waals surface area contributed by atoms with Crippen LogP contribution in [0.3, 0.4) is 0 Å². The lowest BCUT2D eigenvalue weighted by Crippen LogP contribution is -2.05. The summed E-state index contributed by atoms with van der Waals surface area (Å²) in [5.41, 5.74) is 0.946. The Kier molecular flexibility index (Phi) is 3.10. The number of nitrogens with one attached hydrogen (secondary N) is 1. The fraction of sp³-hybridized carbons (Fsp3) is 0.200. The molecule has 0 radical (unpaired) electrons. The summed E-state index contributed by atoms with van der Waals surface area (Å²) < 4.78 is 1.59. The highest BCUT2D eigenvalue weighted by Crippen LogP contribution is 2.27. The zero-order valence-electron chi connectivity index (χ0n) is 9.30. The minimum Gasteiger partial charge on any atom is -0.301 e. The molecule has 0 saturated carbocycles.